The Balaban J connectivity index is 1.82. The van der Waals surface area contributed by atoms with Gasteiger partial charge in [0, 0.05) is 25.3 Å². The highest BCUT2D eigenvalue weighted by Gasteiger charge is 2.27. The maximum absolute atomic E-state index is 12.4. The van der Waals surface area contributed by atoms with Crippen LogP contribution in [-0.2, 0) is 17.6 Å². The number of carbonyl (C=O) groups is 1. The molecule has 2 aliphatic rings. The van der Waals surface area contributed by atoms with Gasteiger partial charge in [-0.1, -0.05) is 13.8 Å². The second-order valence-corrected chi connectivity index (χ2v) is 6.94. The molecule has 0 N–H and O–H groups in total. The molecule has 0 radical (unpaired) electrons. The minimum Gasteiger partial charge on any atom is -0.344 e. The fourth-order valence-corrected chi connectivity index (χ4v) is 3.47. The summed E-state index contributed by atoms with van der Waals surface area (Å²) >= 11 is 0. The van der Waals surface area contributed by atoms with Crippen molar-refractivity contribution in [1.82, 2.24) is 9.88 Å². The molecule has 122 valence electrons. The van der Waals surface area contributed by atoms with Crippen molar-refractivity contribution in [1.29, 1.82) is 5.26 Å². The number of amides is 1. The molecule has 5 nitrogen and oxygen atoms in total. The van der Waals surface area contributed by atoms with Crippen LogP contribution < -0.4 is 4.90 Å². The summed E-state index contributed by atoms with van der Waals surface area (Å²) in [7, 11) is 0. The number of pyridine rings is 1. The molecule has 1 fully saturated rings. The van der Waals surface area contributed by atoms with Crippen molar-refractivity contribution in [3.8, 4) is 6.07 Å². The van der Waals surface area contributed by atoms with Crippen LogP contribution in [0.5, 0.6) is 0 Å². The zero-order valence-corrected chi connectivity index (χ0v) is 14.0. The Hall–Kier alpha value is -2.09. The molecule has 0 unspecified atom stereocenters. The lowest BCUT2D eigenvalue weighted by Crippen LogP contribution is -2.51. The highest BCUT2D eigenvalue weighted by Crippen LogP contribution is 2.27. The number of nitriles is 1. The van der Waals surface area contributed by atoms with Crippen molar-refractivity contribution in [2.75, 3.05) is 31.1 Å². The first-order valence-electron chi connectivity index (χ1n) is 8.54. The molecular formula is C18H24N4O. The molecule has 1 aliphatic heterocycles. The number of anilines is 1. The summed E-state index contributed by atoms with van der Waals surface area (Å²) in [5.74, 6) is 1.31. The van der Waals surface area contributed by atoms with Gasteiger partial charge in [-0.05, 0) is 43.2 Å². The predicted molar refractivity (Wildman–Crippen MR) is 89.2 cm³/mol. The number of hydrogen-bond acceptors (Lipinski definition) is 4. The third-order valence-electron chi connectivity index (χ3n) is 4.60. The molecule has 0 spiro atoms. The number of aromatic nitrogens is 1. The number of piperazine rings is 1. The Morgan fingerprint density at radius 3 is 2.78 bits per heavy atom. The highest BCUT2D eigenvalue weighted by molar-refractivity contribution is 5.83. The summed E-state index contributed by atoms with van der Waals surface area (Å²) in [6.07, 6.45) is 4.32. The van der Waals surface area contributed by atoms with Crippen molar-refractivity contribution < 1.29 is 4.79 Å². The molecule has 0 bridgehead atoms. The van der Waals surface area contributed by atoms with Gasteiger partial charge in [0.2, 0.25) is 5.91 Å². The summed E-state index contributed by atoms with van der Waals surface area (Å²) in [5, 5.41) is 9.48. The largest absolute Gasteiger partial charge is 0.344 e. The number of aryl methyl sites for hydroxylation is 2. The van der Waals surface area contributed by atoms with E-state index in [1.165, 1.54) is 12.0 Å². The fourth-order valence-electron chi connectivity index (χ4n) is 3.47. The van der Waals surface area contributed by atoms with Crippen LogP contribution in [0.3, 0.4) is 0 Å². The van der Waals surface area contributed by atoms with Crippen molar-refractivity contribution in [2.45, 2.75) is 39.5 Å². The Kier molecular flexibility index (Phi) is 4.51. The molecule has 0 saturated carbocycles. The summed E-state index contributed by atoms with van der Waals surface area (Å²) < 4.78 is 0. The SMILES string of the molecule is CC(C)CN1CCN(c2nc3c(cc2C#N)CCCC3)CC1=O. The van der Waals surface area contributed by atoms with E-state index in [0.717, 1.165) is 38.0 Å². The first-order chi connectivity index (χ1) is 11.1. The van der Waals surface area contributed by atoms with E-state index in [4.69, 9.17) is 4.98 Å². The maximum Gasteiger partial charge on any atom is 0.242 e. The minimum atomic E-state index is 0.133. The third-order valence-corrected chi connectivity index (χ3v) is 4.60. The van der Waals surface area contributed by atoms with Crippen LogP contribution in [0.2, 0.25) is 0 Å². The topological polar surface area (TPSA) is 60.2 Å². The lowest BCUT2D eigenvalue weighted by molar-refractivity contribution is -0.131. The molecule has 1 aromatic heterocycles. The van der Waals surface area contributed by atoms with Gasteiger partial charge in [0.25, 0.3) is 0 Å². The normalized spacial score (nSPS) is 18.1. The first kappa shape index (κ1) is 15.8. The monoisotopic (exact) mass is 312 g/mol. The summed E-state index contributed by atoms with van der Waals surface area (Å²) in [6.45, 7) is 6.83. The summed E-state index contributed by atoms with van der Waals surface area (Å²) in [4.78, 5) is 21.0. The molecule has 23 heavy (non-hydrogen) atoms. The molecule has 5 heteroatoms. The smallest absolute Gasteiger partial charge is 0.242 e. The van der Waals surface area contributed by atoms with Gasteiger partial charge in [-0.15, -0.1) is 0 Å². The van der Waals surface area contributed by atoms with Gasteiger partial charge in [0.05, 0.1) is 12.1 Å². The van der Waals surface area contributed by atoms with Crippen LogP contribution in [0, 0.1) is 17.2 Å². The van der Waals surface area contributed by atoms with Crippen LogP contribution in [0.1, 0.15) is 43.5 Å². The van der Waals surface area contributed by atoms with E-state index in [2.05, 4.69) is 19.9 Å². The van der Waals surface area contributed by atoms with E-state index in [1.807, 2.05) is 15.9 Å². The van der Waals surface area contributed by atoms with Gasteiger partial charge in [0.1, 0.15) is 11.9 Å². The standard InChI is InChI=1S/C18H24N4O/c1-13(2)11-21-7-8-22(12-17(21)23)18-15(10-19)9-14-5-3-4-6-16(14)20-18/h9,13H,3-8,11-12H2,1-2H3. The van der Waals surface area contributed by atoms with Crippen LogP contribution in [-0.4, -0.2) is 42.0 Å². The Bertz CT molecular complexity index is 647. The Morgan fingerprint density at radius 1 is 1.30 bits per heavy atom. The molecule has 1 aromatic rings. The van der Waals surface area contributed by atoms with Crippen LogP contribution in [0.15, 0.2) is 6.07 Å². The molecule has 3 rings (SSSR count). The number of hydrogen-bond donors (Lipinski definition) is 0. The van der Waals surface area contributed by atoms with E-state index in [-0.39, 0.29) is 5.91 Å². The van der Waals surface area contributed by atoms with Gasteiger partial charge < -0.3 is 9.80 Å². The van der Waals surface area contributed by atoms with Gasteiger partial charge in [-0.3, -0.25) is 4.79 Å². The van der Waals surface area contributed by atoms with E-state index < -0.39 is 0 Å². The number of rotatable bonds is 3. The average Bonchev–Trinajstić information content (AvgIpc) is 2.55. The van der Waals surface area contributed by atoms with Gasteiger partial charge >= 0.3 is 0 Å². The van der Waals surface area contributed by atoms with Crippen molar-refractivity contribution in [2.24, 2.45) is 5.92 Å². The summed E-state index contributed by atoms with van der Waals surface area (Å²) in [5.41, 5.74) is 2.93. The lowest BCUT2D eigenvalue weighted by atomic mass is 9.95. The number of fused-ring (bicyclic) bond motifs is 1. The highest BCUT2D eigenvalue weighted by atomic mass is 16.2. The van der Waals surface area contributed by atoms with Crippen molar-refractivity contribution in [3.05, 3.63) is 22.9 Å². The van der Waals surface area contributed by atoms with E-state index in [1.54, 1.807) is 0 Å². The van der Waals surface area contributed by atoms with E-state index in [9.17, 15) is 10.1 Å². The lowest BCUT2D eigenvalue weighted by Gasteiger charge is -2.36. The van der Waals surface area contributed by atoms with Crippen LogP contribution >= 0.6 is 0 Å². The van der Waals surface area contributed by atoms with Crippen LogP contribution in [0.25, 0.3) is 0 Å². The van der Waals surface area contributed by atoms with E-state index in [0.29, 0.717) is 30.4 Å². The van der Waals surface area contributed by atoms with Crippen molar-refractivity contribution >= 4 is 11.7 Å². The minimum absolute atomic E-state index is 0.133. The van der Waals surface area contributed by atoms with E-state index >= 15 is 0 Å². The van der Waals surface area contributed by atoms with Crippen LogP contribution in [0.4, 0.5) is 5.82 Å². The zero-order chi connectivity index (χ0) is 16.4. The summed E-state index contributed by atoms with van der Waals surface area (Å²) in [6, 6.07) is 4.26. The molecule has 2 heterocycles. The zero-order valence-electron chi connectivity index (χ0n) is 14.0. The average molecular weight is 312 g/mol. The first-order valence-corrected chi connectivity index (χ1v) is 8.54. The quantitative estimate of drug-likeness (QED) is 0.858. The maximum atomic E-state index is 12.4. The third kappa shape index (κ3) is 3.31. The van der Waals surface area contributed by atoms with Crippen molar-refractivity contribution in [3.63, 3.8) is 0 Å². The molecule has 0 aromatic carbocycles. The number of nitrogens with zero attached hydrogens (tertiary/aromatic N) is 4. The molecule has 1 amide bonds. The fraction of sp³-hybridized carbons (Fsp3) is 0.611. The Labute approximate surface area is 137 Å². The second-order valence-electron chi connectivity index (χ2n) is 6.94. The molecule has 1 saturated heterocycles. The van der Waals surface area contributed by atoms with Gasteiger partial charge in [-0.2, -0.15) is 5.26 Å². The van der Waals surface area contributed by atoms with Gasteiger partial charge in [0.15, 0.2) is 0 Å². The van der Waals surface area contributed by atoms with Gasteiger partial charge in [-0.25, -0.2) is 4.98 Å². The molecule has 1 aliphatic carbocycles. The predicted octanol–water partition coefficient (Wildman–Crippen LogP) is 2.14. The second kappa shape index (κ2) is 6.57. The molecular weight excluding hydrogens is 288 g/mol. The Morgan fingerprint density at radius 2 is 2.09 bits per heavy atom. The number of carbonyl (C=O) groups excluding carboxylic acids is 1. The molecule has 0 atom stereocenters.